The van der Waals surface area contributed by atoms with Crippen molar-refractivity contribution in [1.29, 1.82) is 0 Å². The largest absolute Gasteiger partial charge is 0.387 e. The van der Waals surface area contributed by atoms with Crippen LogP contribution < -0.4 is 0 Å². The Morgan fingerprint density at radius 1 is 1.14 bits per heavy atom. The number of fused-ring (bicyclic) bond motifs is 1. The lowest BCUT2D eigenvalue weighted by Crippen LogP contribution is -2.02. The highest BCUT2D eigenvalue weighted by Crippen LogP contribution is 2.36. The lowest BCUT2D eigenvalue weighted by molar-refractivity contribution is 0.0863. The monoisotopic (exact) mass is 277 g/mol. The maximum absolute atomic E-state index is 5.70. The van der Waals surface area contributed by atoms with Crippen LogP contribution in [0.4, 0.5) is 0 Å². The Labute approximate surface area is 122 Å². The Kier molecular flexibility index (Phi) is 2.74. The fraction of sp³-hybridized carbons (Fsp3) is 0.176. The van der Waals surface area contributed by atoms with Gasteiger partial charge in [-0.25, -0.2) is 0 Å². The molecule has 0 fully saturated rings. The Balaban J connectivity index is 1.69. The quantitative estimate of drug-likeness (QED) is 0.775. The summed E-state index contributed by atoms with van der Waals surface area (Å²) in [6.07, 6.45) is 4.32. The topological polar surface area (TPSA) is 50.3 Å². The van der Waals surface area contributed by atoms with Gasteiger partial charge in [0.15, 0.2) is 6.10 Å². The van der Waals surface area contributed by atoms with E-state index in [2.05, 4.69) is 40.2 Å². The number of pyridine rings is 1. The van der Waals surface area contributed by atoms with Gasteiger partial charge in [-0.15, -0.1) is 0 Å². The number of benzene rings is 1. The van der Waals surface area contributed by atoms with Crippen LogP contribution in [0.2, 0.25) is 0 Å². The predicted octanol–water partition coefficient (Wildman–Crippen LogP) is 3.74. The minimum Gasteiger partial charge on any atom is -0.387 e. The first-order chi connectivity index (χ1) is 10.3. The smallest absolute Gasteiger partial charge is 0.160 e. The summed E-state index contributed by atoms with van der Waals surface area (Å²) >= 11 is 0. The molecule has 3 aromatic rings. The molecule has 1 aliphatic rings. The molecule has 1 N–H and O–H groups in total. The third-order valence-corrected chi connectivity index (χ3v) is 3.95. The Hall–Kier alpha value is -2.62. The van der Waals surface area contributed by atoms with E-state index in [-0.39, 0.29) is 6.10 Å². The molecule has 0 aliphatic carbocycles. The SMILES string of the molecule is Cc1[nH]c2ccccc2c1C1CC(c2ccncc2)=NO1. The number of nitrogens with one attached hydrogen (secondary N) is 1. The van der Waals surface area contributed by atoms with Crippen LogP contribution in [0.25, 0.3) is 10.9 Å². The molecule has 2 aromatic heterocycles. The normalized spacial score (nSPS) is 17.8. The first kappa shape index (κ1) is 12.1. The maximum Gasteiger partial charge on any atom is 0.160 e. The number of aromatic amines is 1. The van der Waals surface area contributed by atoms with Crippen LogP contribution in [-0.2, 0) is 4.84 Å². The number of aryl methyl sites for hydroxylation is 1. The van der Waals surface area contributed by atoms with Gasteiger partial charge in [-0.2, -0.15) is 0 Å². The predicted molar refractivity (Wildman–Crippen MR) is 82.3 cm³/mol. The fourth-order valence-electron chi connectivity index (χ4n) is 2.96. The molecule has 0 bridgehead atoms. The number of hydrogen-bond acceptors (Lipinski definition) is 3. The average Bonchev–Trinajstić information content (AvgIpc) is 3.11. The van der Waals surface area contributed by atoms with Gasteiger partial charge >= 0.3 is 0 Å². The second kappa shape index (κ2) is 4.74. The van der Waals surface area contributed by atoms with Crippen LogP contribution in [0.15, 0.2) is 53.9 Å². The van der Waals surface area contributed by atoms with E-state index >= 15 is 0 Å². The summed E-state index contributed by atoms with van der Waals surface area (Å²) in [6, 6.07) is 12.2. The van der Waals surface area contributed by atoms with Crippen molar-refractivity contribution in [2.75, 3.05) is 0 Å². The minimum atomic E-state index is -0.0238. The van der Waals surface area contributed by atoms with E-state index in [1.807, 2.05) is 18.2 Å². The lowest BCUT2D eigenvalue weighted by atomic mass is 9.99. The molecule has 3 heterocycles. The zero-order chi connectivity index (χ0) is 14.2. The van der Waals surface area contributed by atoms with Crippen molar-refractivity contribution in [1.82, 2.24) is 9.97 Å². The van der Waals surface area contributed by atoms with E-state index in [1.165, 1.54) is 10.9 Å². The van der Waals surface area contributed by atoms with Gasteiger partial charge < -0.3 is 9.82 Å². The number of rotatable bonds is 2. The summed E-state index contributed by atoms with van der Waals surface area (Å²) < 4.78 is 0. The molecule has 0 spiro atoms. The van der Waals surface area contributed by atoms with Gasteiger partial charge in [0.25, 0.3) is 0 Å². The summed E-state index contributed by atoms with van der Waals surface area (Å²) in [6.45, 7) is 2.09. The minimum absolute atomic E-state index is 0.0238. The third-order valence-electron chi connectivity index (χ3n) is 3.95. The van der Waals surface area contributed by atoms with Gasteiger partial charge in [0, 0.05) is 46.5 Å². The number of hydrogen-bond donors (Lipinski definition) is 1. The highest BCUT2D eigenvalue weighted by Gasteiger charge is 2.27. The van der Waals surface area contributed by atoms with Crippen molar-refractivity contribution >= 4 is 16.6 Å². The fourth-order valence-corrected chi connectivity index (χ4v) is 2.96. The Bertz CT molecular complexity index is 820. The average molecular weight is 277 g/mol. The molecule has 0 saturated carbocycles. The van der Waals surface area contributed by atoms with Crippen molar-refractivity contribution in [2.45, 2.75) is 19.4 Å². The summed E-state index contributed by atoms with van der Waals surface area (Å²) in [7, 11) is 0. The van der Waals surface area contributed by atoms with Crippen LogP contribution in [0.5, 0.6) is 0 Å². The van der Waals surface area contributed by atoms with Crippen LogP contribution in [-0.4, -0.2) is 15.7 Å². The highest BCUT2D eigenvalue weighted by atomic mass is 16.6. The number of oxime groups is 1. The molecular weight excluding hydrogens is 262 g/mol. The van der Waals surface area contributed by atoms with E-state index in [9.17, 15) is 0 Å². The highest BCUT2D eigenvalue weighted by molar-refractivity contribution is 6.01. The van der Waals surface area contributed by atoms with Crippen LogP contribution in [0.1, 0.15) is 29.3 Å². The van der Waals surface area contributed by atoms with Crippen molar-refractivity contribution < 1.29 is 4.84 Å². The van der Waals surface area contributed by atoms with Gasteiger partial charge in [-0.1, -0.05) is 23.4 Å². The lowest BCUT2D eigenvalue weighted by Gasteiger charge is -2.08. The summed E-state index contributed by atoms with van der Waals surface area (Å²) in [5.74, 6) is 0. The molecule has 1 atom stereocenters. The molecule has 104 valence electrons. The molecule has 21 heavy (non-hydrogen) atoms. The maximum atomic E-state index is 5.70. The summed E-state index contributed by atoms with van der Waals surface area (Å²) in [4.78, 5) is 13.2. The van der Waals surface area contributed by atoms with Gasteiger partial charge in [-0.3, -0.25) is 4.98 Å². The Morgan fingerprint density at radius 3 is 2.81 bits per heavy atom. The number of nitrogens with zero attached hydrogens (tertiary/aromatic N) is 2. The first-order valence-electron chi connectivity index (χ1n) is 7.03. The van der Waals surface area contributed by atoms with Crippen LogP contribution in [0.3, 0.4) is 0 Å². The zero-order valence-electron chi connectivity index (χ0n) is 11.7. The number of aromatic nitrogens is 2. The summed E-state index contributed by atoms with van der Waals surface area (Å²) in [5.41, 5.74) is 5.55. The van der Waals surface area contributed by atoms with E-state index in [4.69, 9.17) is 4.84 Å². The number of para-hydroxylation sites is 1. The Morgan fingerprint density at radius 2 is 1.95 bits per heavy atom. The molecule has 1 unspecified atom stereocenters. The molecule has 4 heteroatoms. The molecular formula is C17H15N3O. The molecule has 4 nitrogen and oxygen atoms in total. The second-order valence-corrected chi connectivity index (χ2v) is 5.28. The van der Waals surface area contributed by atoms with Crippen molar-refractivity contribution in [3.05, 3.63) is 65.6 Å². The standard InChI is InChI=1S/C17H15N3O/c1-11-17(13-4-2-3-5-14(13)19-11)16-10-15(20-21-16)12-6-8-18-9-7-12/h2-9,16,19H,10H2,1H3. The second-order valence-electron chi connectivity index (χ2n) is 5.28. The first-order valence-corrected chi connectivity index (χ1v) is 7.03. The van der Waals surface area contributed by atoms with Gasteiger partial charge in [0.05, 0.1) is 5.71 Å². The van der Waals surface area contributed by atoms with Gasteiger partial charge in [-0.05, 0) is 25.1 Å². The molecule has 0 saturated heterocycles. The molecule has 0 radical (unpaired) electrons. The van der Waals surface area contributed by atoms with Crippen LogP contribution >= 0.6 is 0 Å². The molecule has 4 rings (SSSR count). The van der Waals surface area contributed by atoms with E-state index in [0.29, 0.717) is 0 Å². The number of H-pyrrole nitrogens is 1. The molecule has 1 aromatic carbocycles. The van der Waals surface area contributed by atoms with Crippen molar-refractivity contribution in [2.24, 2.45) is 5.16 Å². The van der Waals surface area contributed by atoms with Gasteiger partial charge in [0.1, 0.15) is 0 Å². The zero-order valence-corrected chi connectivity index (χ0v) is 11.7. The molecule has 0 amide bonds. The van der Waals surface area contributed by atoms with E-state index in [0.717, 1.165) is 28.9 Å². The van der Waals surface area contributed by atoms with Crippen LogP contribution in [0, 0.1) is 6.92 Å². The summed E-state index contributed by atoms with van der Waals surface area (Å²) in [5, 5.41) is 5.48. The van der Waals surface area contributed by atoms with Crippen molar-refractivity contribution in [3.63, 3.8) is 0 Å². The molecule has 1 aliphatic heterocycles. The van der Waals surface area contributed by atoms with E-state index in [1.54, 1.807) is 12.4 Å². The van der Waals surface area contributed by atoms with Crippen molar-refractivity contribution in [3.8, 4) is 0 Å². The van der Waals surface area contributed by atoms with Gasteiger partial charge in [0.2, 0.25) is 0 Å². The van der Waals surface area contributed by atoms with E-state index < -0.39 is 0 Å². The third kappa shape index (κ3) is 2.00.